The first-order valence-electron chi connectivity index (χ1n) is 10.6. The van der Waals surface area contributed by atoms with Gasteiger partial charge in [-0.05, 0) is 19.8 Å². The molecule has 0 radical (unpaired) electrons. The molecule has 0 aliphatic heterocycles. The van der Waals surface area contributed by atoms with Gasteiger partial charge in [-0.25, -0.2) is 21.6 Å². The van der Waals surface area contributed by atoms with E-state index >= 15 is 0 Å². The number of nitrogens with zero attached hydrogens (tertiary/aromatic N) is 2. The number of hydrogen-bond acceptors (Lipinski definition) is 6. The molecule has 35 heavy (non-hydrogen) atoms. The number of carbonyl (C=O) groups excluding carboxylic acids is 1. The molecule has 0 amide bonds. The Morgan fingerprint density at radius 1 is 0.829 bits per heavy atom. The number of unbranched alkanes of at least 4 members (excludes halogenated alkanes) is 6. The zero-order valence-corrected chi connectivity index (χ0v) is 21.8. The normalized spacial score (nSPS) is 13.1. The predicted molar refractivity (Wildman–Crippen MR) is 119 cm³/mol. The summed E-state index contributed by atoms with van der Waals surface area (Å²) in [5.74, 6) is -0.277. The number of halogens is 6. The van der Waals surface area contributed by atoms with Crippen LogP contribution in [0.5, 0.6) is 0 Å². The second kappa shape index (κ2) is 15.0. The van der Waals surface area contributed by atoms with Gasteiger partial charge in [-0.2, -0.15) is 26.3 Å². The van der Waals surface area contributed by atoms with Gasteiger partial charge in [-0.1, -0.05) is 45.6 Å². The maximum atomic E-state index is 11.4. The Hall–Kier alpha value is -1.39. The molecule has 0 spiro atoms. The van der Waals surface area contributed by atoms with E-state index in [2.05, 4.69) is 27.6 Å². The Bertz CT molecular complexity index is 827. The minimum Gasteiger partial charge on any atom is -0.456 e. The summed E-state index contributed by atoms with van der Waals surface area (Å²) in [6, 6.07) is 0. The Labute approximate surface area is 203 Å². The molecule has 0 aromatic rings. The van der Waals surface area contributed by atoms with E-state index in [1.807, 2.05) is 0 Å². The van der Waals surface area contributed by atoms with Crippen molar-refractivity contribution in [1.29, 1.82) is 0 Å². The zero-order valence-electron chi connectivity index (χ0n) is 20.2. The molecular formula is C19H34F6N2O6S2. The molecule has 0 heterocycles. The molecule has 0 bridgehead atoms. The van der Waals surface area contributed by atoms with Gasteiger partial charge in [0, 0.05) is 5.57 Å². The summed E-state index contributed by atoms with van der Waals surface area (Å²) in [4.78, 5) is 11.3. The third-order valence-electron chi connectivity index (χ3n) is 4.43. The molecule has 0 aromatic carbocycles. The van der Waals surface area contributed by atoms with Crippen LogP contribution in [0.3, 0.4) is 0 Å². The van der Waals surface area contributed by atoms with E-state index < -0.39 is 31.1 Å². The number of ether oxygens (including phenoxy) is 1. The van der Waals surface area contributed by atoms with E-state index in [0.717, 1.165) is 21.7 Å². The number of sulfonamides is 2. The summed E-state index contributed by atoms with van der Waals surface area (Å²) >= 11 is 0. The minimum atomic E-state index is -6.72. The monoisotopic (exact) mass is 564 g/mol. The highest BCUT2D eigenvalue weighted by molar-refractivity contribution is 8.13. The Morgan fingerprint density at radius 3 is 1.60 bits per heavy atom. The number of esters is 1. The van der Waals surface area contributed by atoms with Crippen molar-refractivity contribution in [3.05, 3.63) is 16.3 Å². The van der Waals surface area contributed by atoms with Crippen molar-refractivity contribution in [2.75, 3.05) is 33.8 Å². The summed E-state index contributed by atoms with van der Waals surface area (Å²) < 4.78 is 115. The molecular weight excluding hydrogens is 530 g/mol. The topological polar surface area (TPSA) is 109 Å². The van der Waals surface area contributed by atoms with Crippen molar-refractivity contribution < 1.29 is 57.2 Å². The Morgan fingerprint density at radius 2 is 1.23 bits per heavy atom. The van der Waals surface area contributed by atoms with Crippen molar-refractivity contribution in [3.8, 4) is 0 Å². The summed E-state index contributed by atoms with van der Waals surface area (Å²) in [7, 11) is -9.04. The summed E-state index contributed by atoms with van der Waals surface area (Å²) in [5, 5.41) is 0. The van der Waals surface area contributed by atoms with Crippen molar-refractivity contribution >= 4 is 26.0 Å². The van der Waals surface area contributed by atoms with Crippen LogP contribution < -0.4 is 0 Å². The van der Waals surface area contributed by atoms with Crippen molar-refractivity contribution in [1.82, 2.24) is 0 Å². The molecule has 0 N–H and O–H groups in total. The standard InChI is InChI=1S/C17H34NO2.C2F6NO4S2/c1-6-7-8-9-10-11-12-13-18(4,5)14-15-20-17(19)16(2)3;3-1(4,5)14(10,11)9-15(12,13)2(6,7)8/h2,6-15H2,1,3-5H3;/q+1;-1. The van der Waals surface area contributed by atoms with Gasteiger partial charge in [0.2, 0.25) is 0 Å². The third kappa shape index (κ3) is 16.1. The van der Waals surface area contributed by atoms with Crippen LogP contribution in [-0.4, -0.2) is 72.1 Å². The van der Waals surface area contributed by atoms with E-state index in [1.165, 1.54) is 44.9 Å². The largest absolute Gasteiger partial charge is 0.480 e. The average Bonchev–Trinajstić information content (AvgIpc) is 2.65. The molecule has 0 unspecified atom stereocenters. The second-order valence-corrected chi connectivity index (χ2v) is 11.8. The van der Waals surface area contributed by atoms with Gasteiger partial charge in [0.15, 0.2) is 20.0 Å². The highest BCUT2D eigenvalue weighted by Crippen LogP contribution is 2.36. The van der Waals surface area contributed by atoms with Crippen LogP contribution in [0.4, 0.5) is 26.3 Å². The van der Waals surface area contributed by atoms with Crippen LogP contribution in [0.2, 0.25) is 0 Å². The lowest BCUT2D eigenvalue weighted by molar-refractivity contribution is -0.890. The van der Waals surface area contributed by atoms with E-state index in [-0.39, 0.29) is 5.97 Å². The lowest BCUT2D eigenvalue weighted by Gasteiger charge is -2.29. The van der Waals surface area contributed by atoms with E-state index in [0.29, 0.717) is 12.2 Å². The number of likely N-dealkylation sites (N-methyl/N-ethyl adjacent to an activating group) is 1. The molecule has 0 aliphatic carbocycles. The van der Waals surface area contributed by atoms with Gasteiger partial charge >= 0.3 is 17.0 Å². The molecule has 0 fully saturated rings. The van der Waals surface area contributed by atoms with Crippen LogP contribution in [0.1, 0.15) is 58.8 Å². The molecule has 0 aliphatic rings. The highest BCUT2D eigenvalue weighted by Gasteiger charge is 2.46. The molecule has 16 heteroatoms. The van der Waals surface area contributed by atoms with Gasteiger partial charge in [0.05, 0.1) is 20.6 Å². The van der Waals surface area contributed by atoms with Crippen LogP contribution >= 0.6 is 0 Å². The van der Waals surface area contributed by atoms with Crippen LogP contribution in [0.15, 0.2) is 12.2 Å². The maximum absolute atomic E-state index is 11.4. The van der Waals surface area contributed by atoms with Gasteiger partial charge in [-0.15, -0.1) is 0 Å². The van der Waals surface area contributed by atoms with Gasteiger partial charge in [0.25, 0.3) is 0 Å². The fraction of sp³-hybridized carbons (Fsp3) is 0.842. The van der Waals surface area contributed by atoms with Gasteiger partial charge < -0.3 is 13.3 Å². The van der Waals surface area contributed by atoms with Crippen LogP contribution in [0.25, 0.3) is 4.13 Å². The lowest BCUT2D eigenvalue weighted by Crippen LogP contribution is -2.43. The second-order valence-electron chi connectivity index (χ2n) is 8.34. The summed E-state index contributed by atoms with van der Waals surface area (Å²) in [6.07, 6.45) is 9.36. The Kier molecular flexibility index (Phi) is 15.3. The van der Waals surface area contributed by atoms with Gasteiger partial charge in [0.1, 0.15) is 13.2 Å². The SMILES string of the molecule is C=C(C)C(=O)OCC[N+](C)(C)CCCCCCCCC.O=S(=O)([N-]S(=O)(=O)C(F)(F)F)C(F)(F)F. The van der Waals surface area contributed by atoms with Crippen molar-refractivity contribution in [2.45, 2.75) is 69.8 Å². The van der Waals surface area contributed by atoms with Crippen molar-refractivity contribution in [2.24, 2.45) is 0 Å². The molecule has 0 rings (SSSR count). The number of quaternary nitrogens is 1. The molecule has 8 nitrogen and oxygen atoms in total. The van der Waals surface area contributed by atoms with Crippen LogP contribution in [0, 0.1) is 0 Å². The zero-order chi connectivity index (χ0) is 28.1. The minimum absolute atomic E-state index is 0.277. The quantitative estimate of drug-likeness (QED) is 0.0967. The molecule has 210 valence electrons. The maximum Gasteiger partial charge on any atom is 0.480 e. The third-order valence-corrected chi connectivity index (χ3v) is 7.17. The van der Waals surface area contributed by atoms with Gasteiger partial charge in [-0.3, -0.25) is 0 Å². The van der Waals surface area contributed by atoms with E-state index in [9.17, 15) is 48.0 Å². The van der Waals surface area contributed by atoms with Crippen molar-refractivity contribution in [3.63, 3.8) is 0 Å². The summed E-state index contributed by atoms with van der Waals surface area (Å²) in [5.41, 5.74) is -11.9. The number of carbonyl (C=O) groups is 1. The molecule has 0 saturated carbocycles. The van der Waals surface area contributed by atoms with E-state index in [4.69, 9.17) is 4.74 Å². The fourth-order valence-electron chi connectivity index (χ4n) is 2.33. The average molecular weight is 565 g/mol. The number of rotatable bonds is 14. The van der Waals surface area contributed by atoms with Crippen LogP contribution in [-0.2, 0) is 29.6 Å². The predicted octanol–water partition coefficient (Wildman–Crippen LogP) is 4.99. The summed E-state index contributed by atoms with van der Waals surface area (Å²) in [6.45, 7) is 10.0. The highest BCUT2D eigenvalue weighted by atomic mass is 32.3. The first-order valence-corrected chi connectivity index (χ1v) is 13.5. The smallest absolute Gasteiger partial charge is 0.456 e. The molecule has 0 atom stereocenters. The number of alkyl halides is 6. The Balaban J connectivity index is 0. The number of hydrogen-bond donors (Lipinski definition) is 0. The lowest BCUT2D eigenvalue weighted by atomic mass is 10.1. The fourth-order valence-corrected chi connectivity index (χ4v) is 4.04. The first kappa shape index (κ1) is 35.8. The van der Waals surface area contributed by atoms with E-state index in [1.54, 1.807) is 6.92 Å². The molecule has 0 saturated heterocycles. The molecule has 0 aromatic heterocycles. The first-order chi connectivity index (χ1) is 15.6.